The van der Waals surface area contributed by atoms with E-state index in [4.69, 9.17) is 0 Å². The Morgan fingerprint density at radius 3 is 2.53 bits per heavy atom. The van der Waals surface area contributed by atoms with Crippen LogP contribution in [0.5, 0.6) is 0 Å². The van der Waals surface area contributed by atoms with E-state index in [1.807, 2.05) is 0 Å². The Morgan fingerprint density at radius 2 is 1.84 bits per heavy atom. The monoisotopic (exact) mass is 282 g/mol. The summed E-state index contributed by atoms with van der Waals surface area (Å²) in [4.78, 5) is 2.80. The zero-order chi connectivity index (χ0) is 13.1. The van der Waals surface area contributed by atoms with Gasteiger partial charge in [0.2, 0.25) is 0 Å². The predicted molar refractivity (Wildman–Crippen MR) is 84.9 cm³/mol. The molecule has 2 aliphatic heterocycles. The van der Waals surface area contributed by atoms with E-state index in [0.29, 0.717) is 0 Å². The van der Waals surface area contributed by atoms with Crippen LogP contribution in [0.1, 0.15) is 51.9 Å². The second-order valence-electron chi connectivity index (χ2n) is 6.82. The van der Waals surface area contributed by atoms with Gasteiger partial charge in [0.25, 0.3) is 0 Å². The topological polar surface area (TPSA) is 15.3 Å². The highest BCUT2D eigenvalue weighted by molar-refractivity contribution is 7.99. The molecule has 0 aromatic rings. The molecular weight excluding hydrogens is 252 g/mol. The van der Waals surface area contributed by atoms with Crippen LogP contribution in [0.2, 0.25) is 0 Å². The zero-order valence-corrected chi connectivity index (χ0v) is 13.3. The highest BCUT2D eigenvalue weighted by Gasteiger charge is 2.32. The molecule has 3 aliphatic rings. The van der Waals surface area contributed by atoms with Gasteiger partial charge in [-0.3, -0.25) is 0 Å². The fourth-order valence-electron chi connectivity index (χ4n) is 3.90. The molecular formula is C16H30N2S. The maximum atomic E-state index is 3.94. The largest absolute Gasteiger partial charge is 0.311 e. The molecule has 0 radical (unpaired) electrons. The number of piperidine rings is 1. The number of thioether (sulfide) groups is 1. The lowest BCUT2D eigenvalue weighted by molar-refractivity contribution is 0.0650. The second kappa shape index (κ2) is 6.82. The van der Waals surface area contributed by atoms with Gasteiger partial charge in [-0.25, -0.2) is 0 Å². The van der Waals surface area contributed by atoms with Crippen LogP contribution in [0, 0.1) is 5.92 Å². The summed E-state index contributed by atoms with van der Waals surface area (Å²) < 4.78 is 0. The third kappa shape index (κ3) is 3.68. The van der Waals surface area contributed by atoms with E-state index in [2.05, 4.69) is 28.9 Å². The average Bonchev–Trinajstić information content (AvgIpc) is 2.38. The summed E-state index contributed by atoms with van der Waals surface area (Å²) >= 11 is 2.13. The van der Waals surface area contributed by atoms with Gasteiger partial charge in [-0.15, -0.1) is 0 Å². The first kappa shape index (κ1) is 14.2. The minimum absolute atomic E-state index is 0.718. The molecule has 19 heavy (non-hydrogen) atoms. The van der Waals surface area contributed by atoms with Gasteiger partial charge in [-0.1, -0.05) is 6.42 Å². The highest BCUT2D eigenvalue weighted by atomic mass is 32.2. The van der Waals surface area contributed by atoms with Crippen LogP contribution in [0.25, 0.3) is 0 Å². The standard InChI is InChI=1S/C16H30N2S/c1-13(17-15-7-10-19-11-8-15)14-4-3-9-18(12-14)16-5-2-6-16/h13-17H,2-12H2,1H3. The number of likely N-dealkylation sites (tertiary alicyclic amines) is 1. The van der Waals surface area contributed by atoms with Crippen molar-refractivity contribution in [2.45, 2.75) is 70.0 Å². The molecule has 0 spiro atoms. The summed E-state index contributed by atoms with van der Waals surface area (Å²) in [6.45, 7) is 5.17. The average molecular weight is 282 g/mol. The molecule has 1 N–H and O–H groups in total. The summed E-state index contributed by atoms with van der Waals surface area (Å²) in [5.74, 6) is 3.62. The molecule has 1 aliphatic carbocycles. The lowest BCUT2D eigenvalue weighted by atomic mass is 9.85. The van der Waals surface area contributed by atoms with Gasteiger partial charge in [0.1, 0.15) is 0 Å². The highest BCUT2D eigenvalue weighted by Crippen LogP contribution is 2.30. The number of rotatable bonds is 4. The SMILES string of the molecule is CC(NC1CCSCC1)C1CCCN(C2CCC2)C1. The van der Waals surface area contributed by atoms with Crippen LogP contribution < -0.4 is 5.32 Å². The fourth-order valence-corrected chi connectivity index (χ4v) is 5.01. The van der Waals surface area contributed by atoms with Crippen LogP contribution in [0.4, 0.5) is 0 Å². The van der Waals surface area contributed by atoms with Crippen LogP contribution >= 0.6 is 11.8 Å². The van der Waals surface area contributed by atoms with E-state index >= 15 is 0 Å². The Labute approximate surface area is 123 Å². The van der Waals surface area contributed by atoms with E-state index in [1.165, 1.54) is 69.5 Å². The lowest BCUT2D eigenvalue weighted by Crippen LogP contribution is -2.51. The molecule has 2 heterocycles. The van der Waals surface area contributed by atoms with Crippen LogP contribution in [0.3, 0.4) is 0 Å². The molecule has 0 aromatic carbocycles. The van der Waals surface area contributed by atoms with Gasteiger partial charge in [-0.05, 0) is 69.4 Å². The quantitative estimate of drug-likeness (QED) is 0.853. The van der Waals surface area contributed by atoms with Gasteiger partial charge in [0, 0.05) is 24.7 Å². The van der Waals surface area contributed by atoms with Gasteiger partial charge in [0.05, 0.1) is 0 Å². The predicted octanol–water partition coefficient (Wildman–Crippen LogP) is 3.12. The Morgan fingerprint density at radius 1 is 1.05 bits per heavy atom. The van der Waals surface area contributed by atoms with E-state index < -0.39 is 0 Å². The van der Waals surface area contributed by atoms with Gasteiger partial charge in [-0.2, -0.15) is 11.8 Å². The van der Waals surface area contributed by atoms with Crippen LogP contribution in [0.15, 0.2) is 0 Å². The van der Waals surface area contributed by atoms with Crippen molar-refractivity contribution in [3.63, 3.8) is 0 Å². The number of hydrogen-bond acceptors (Lipinski definition) is 3. The van der Waals surface area contributed by atoms with Crippen molar-refractivity contribution in [2.75, 3.05) is 24.6 Å². The molecule has 3 rings (SSSR count). The smallest absolute Gasteiger partial charge is 0.00954 e. The molecule has 2 nitrogen and oxygen atoms in total. The summed E-state index contributed by atoms with van der Waals surface area (Å²) in [5.41, 5.74) is 0. The normalized spacial score (nSPS) is 33.0. The Hall–Kier alpha value is 0.270. The van der Waals surface area contributed by atoms with Crippen LogP contribution in [-0.2, 0) is 0 Å². The first-order chi connectivity index (χ1) is 9.33. The van der Waals surface area contributed by atoms with Gasteiger partial charge in [0.15, 0.2) is 0 Å². The zero-order valence-electron chi connectivity index (χ0n) is 12.4. The van der Waals surface area contributed by atoms with E-state index in [-0.39, 0.29) is 0 Å². The molecule has 110 valence electrons. The van der Waals surface area contributed by atoms with Crippen molar-refractivity contribution in [3.8, 4) is 0 Å². The van der Waals surface area contributed by atoms with Crippen molar-refractivity contribution in [1.29, 1.82) is 0 Å². The van der Waals surface area contributed by atoms with E-state index in [9.17, 15) is 0 Å². The van der Waals surface area contributed by atoms with Crippen molar-refractivity contribution >= 4 is 11.8 Å². The molecule has 0 bridgehead atoms. The molecule has 3 fully saturated rings. The molecule has 3 heteroatoms. The fraction of sp³-hybridized carbons (Fsp3) is 1.00. The van der Waals surface area contributed by atoms with Crippen LogP contribution in [-0.4, -0.2) is 47.6 Å². The minimum atomic E-state index is 0.718. The maximum absolute atomic E-state index is 3.94. The molecule has 0 amide bonds. The van der Waals surface area contributed by atoms with Gasteiger partial charge < -0.3 is 10.2 Å². The molecule has 1 saturated carbocycles. The molecule has 2 saturated heterocycles. The van der Waals surface area contributed by atoms with E-state index in [0.717, 1.165) is 24.0 Å². The van der Waals surface area contributed by atoms with Crippen molar-refractivity contribution in [2.24, 2.45) is 5.92 Å². The molecule has 0 aromatic heterocycles. The van der Waals surface area contributed by atoms with Crippen molar-refractivity contribution in [1.82, 2.24) is 10.2 Å². The minimum Gasteiger partial charge on any atom is -0.311 e. The molecule has 2 unspecified atom stereocenters. The summed E-state index contributed by atoms with van der Waals surface area (Å²) in [5, 5.41) is 3.94. The number of nitrogens with one attached hydrogen (secondary N) is 1. The third-order valence-corrected chi connectivity index (χ3v) is 6.56. The molecule has 2 atom stereocenters. The van der Waals surface area contributed by atoms with Crippen molar-refractivity contribution < 1.29 is 0 Å². The first-order valence-corrected chi connectivity index (χ1v) is 9.56. The Bertz CT molecular complexity index is 274. The Kier molecular flexibility index (Phi) is 5.10. The summed E-state index contributed by atoms with van der Waals surface area (Å²) in [6.07, 6.45) is 10.0. The number of hydrogen-bond donors (Lipinski definition) is 1. The van der Waals surface area contributed by atoms with E-state index in [1.54, 1.807) is 0 Å². The summed E-state index contributed by atoms with van der Waals surface area (Å²) in [7, 11) is 0. The third-order valence-electron chi connectivity index (χ3n) is 5.51. The van der Waals surface area contributed by atoms with Gasteiger partial charge >= 0.3 is 0 Å². The number of nitrogens with zero attached hydrogens (tertiary/aromatic N) is 1. The maximum Gasteiger partial charge on any atom is 0.00954 e. The first-order valence-electron chi connectivity index (χ1n) is 8.41. The second-order valence-corrected chi connectivity index (χ2v) is 8.05. The summed E-state index contributed by atoms with van der Waals surface area (Å²) in [6, 6.07) is 2.47. The Balaban J connectivity index is 1.46. The lowest BCUT2D eigenvalue weighted by Gasteiger charge is -2.44. The van der Waals surface area contributed by atoms with Crippen molar-refractivity contribution in [3.05, 3.63) is 0 Å².